The lowest BCUT2D eigenvalue weighted by atomic mass is 10.3. The molecule has 0 aromatic carbocycles. The molecule has 0 atom stereocenters. The summed E-state index contributed by atoms with van der Waals surface area (Å²) in [7, 11) is 1.79. The van der Waals surface area contributed by atoms with E-state index in [-0.39, 0.29) is 11.7 Å². The number of pyridine rings is 1. The van der Waals surface area contributed by atoms with Gasteiger partial charge in [0.1, 0.15) is 17.5 Å². The molecule has 3 heterocycles. The third kappa shape index (κ3) is 2.49. The number of nitrogens with zero attached hydrogens (tertiary/aromatic N) is 5. The average Bonchev–Trinajstić information content (AvgIpc) is 3.05. The van der Waals surface area contributed by atoms with Crippen molar-refractivity contribution in [2.75, 3.05) is 0 Å². The summed E-state index contributed by atoms with van der Waals surface area (Å²) in [4.78, 5) is 8.34. The van der Waals surface area contributed by atoms with E-state index in [9.17, 15) is 0 Å². The average molecular weight is 320 g/mol. The molecule has 0 aliphatic carbocycles. The van der Waals surface area contributed by atoms with Gasteiger partial charge in [-0.25, -0.2) is 4.98 Å². The molecule has 0 aliphatic rings. The highest BCUT2D eigenvalue weighted by Gasteiger charge is 2.17. The topological polar surface area (TPSA) is 80.5 Å². The first-order valence-electron chi connectivity index (χ1n) is 5.80. The molecule has 0 bridgehead atoms. The third-order valence-electron chi connectivity index (χ3n) is 2.80. The van der Waals surface area contributed by atoms with Crippen LogP contribution < -0.4 is 0 Å². The van der Waals surface area contributed by atoms with E-state index in [1.165, 1.54) is 6.20 Å². The number of aryl methyl sites for hydroxylation is 1. The quantitative estimate of drug-likeness (QED) is 0.723. The van der Waals surface area contributed by atoms with E-state index >= 15 is 0 Å². The minimum absolute atomic E-state index is 0.256. The monoisotopic (exact) mass is 319 g/mol. The molecule has 0 N–H and O–H groups in total. The zero-order chi connectivity index (χ0) is 15.0. The second-order valence-corrected chi connectivity index (χ2v) is 5.09. The second kappa shape index (κ2) is 5.20. The van der Waals surface area contributed by atoms with Gasteiger partial charge in [0, 0.05) is 19.4 Å². The Hall–Kier alpha value is -2.36. The van der Waals surface area contributed by atoms with Gasteiger partial charge < -0.3 is 9.09 Å². The third-order valence-corrected chi connectivity index (χ3v) is 3.29. The summed E-state index contributed by atoms with van der Waals surface area (Å²) in [6.45, 7) is 0. The Morgan fingerprint density at radius 2 is 2.14 bits per heavy atom. The van der Waals surface area contributed by atoms with E-state index in [4.69, 9.17) is 33.0 Å². The van der Waals surface area contributed by atoms with Crippen molar-refractivity contribution in [3.63, 3.8) is 0 Å². The molecule has 0 spiro atoms. The van der Waals surface area contributed by atoms with Gasteiger partial charge in [-0.1, -0.05) is 28.4 Å². The zero-order valence-electron chi connectivity index (χ0n) is 10.7. The van der Waals surface area contributed by atoms with Gasteiger partial charge in [-0.05, 0) is 12.1 Å². The maximum atomic E-state index is 8.90. The van der Waals surface area contributed by atoms with Crippen molar-refractivity contribution in [3.8, 4) is 29.2 Å². The summed E-state index contributed by atoms with van der Waals surface area (Å²) < 4.78 is 6.93. The van der Waals surface area contributed by atoms with Crippen molar-refractivity contribution < 1.29 is 4.52 Å². The summed E-state index contributed by atoms with van der Waals surface area (Å²) in [5.41, 5.74) is 1.52. The Morgan fingerprint density at radius 1 is 1.33 bits per heavy atom. The highest BCUT2D eigenvalue weighted by molar-refractivity contribution is 6.35. The van der Waals surface area contributed by atoms with Crippen molar-refractivity contribution in [1.82, 2.24) is 19.7 Å². The van der Waals surface area contributed by atoms with E-state index < -0.39 is 0 Å². The number of halogens is 2. The lowest BCUT2D eigenvalue weighted by molar-refractivity contribution is 0.429. The molecule has 3 aromatic rings. The van der Waals surface area contributed by atoms with Crippen molar-refractivity contribution in [2.45, 2.75) is 0 Å². The summed E-state index contributed by atoms with van der Waals surface area (Å²) in [6, 6.07) is 5.27. The summed E-state index contributed by atoms with van der Waals surface area (Å²) in [6.07, 6.45) is 3.13. The lowest BCUT2D eigenvalue weighted by Gasteiger charge is -1.97. The summed E-state index contributed by atoms with van der Waals surface area (Å²) in [5, 5.41) is 13.5. The van der Waals surface area contributed by atoms with Crippen LogP contribution in [-0.2, 0) is 7.05 Å². The fraction of sp³-hybridized carbons (Fsp3) is 0.0769. The van der Waals surface area contributed by atoms with Gasteiger partial charge in [0.2, 0.25) is 5.82 Å². The Balaban J connectivity index is 2.04. The first kappa shape index (κ1) is 13.6. The summed E-state index contributed by atoms with van der Waals surface area (Å²) >= 11 is 11.9. The maximum absolute atomic E-state index is 8.90. The van der Waals surface area contributed by atoms with Crippen LogP contribution >= 0.6 is 23.2 Å². The van der Waals surface area contributed by atoms with Crippen LogP contribution in [0.1, 0.15) is 5.56 Å². The van der Waals surface area contributed by atoms with Crippen LogP contribution in [0.15, 0.2) is 29.0 Å². The number of nitriles is 1. The highest BCUT2D eigenvalue weighted by Crippen LogP contribution is 2.28. The highest BCUT2D eigenvalue weighted by atomic mass is 35.5. The van der Waals surface area contributed by atoms with Gasteiger partial charge >= 0.3 is 0 Å². The van der Waals surface area contributed by atoms with E-state index in [0.717, 1.165) is 0 Å². The minimum atomic E-state index is 0.256. The normalized spacial score (nSPS) is 10.6. The van der Waals surface area contributed by atoms with Gasteiger partial charge in [-0.3, -0.25) is 0 Å². The molecule has 0 saturated carbocycles. The number of rotatable bonds is 2. The predicted molar refractivity (Wildman–Crippen MR) is 76.7 cm³/mol. The summed E-state index contributed by atoms with van der Waals surface area (Å²) in [5.74, 6) is 0.535. The SMILES string of the molecule is Cn1cc(C#N)cc1-c1nc(-c2ncc(Cl)cc2Cl)no1. The standard InChI is InChI=1S/C13H7Cl2N5O/c1-20-6-7(4-16)2-10(20)13-18-12(19-21-13)11-9(15)3-8(14)5-17-11/h2-3,5-6H,1H3. The first-order valence-corrected chi connectivity index (χ1v) is 6.56. The van der Waals surface area contributed by atoms with Crippen LogP contribution in [0.3, 0.4) is 0 Å². The van der Waals surface area contributed by atoms with Crippen LogP contribution in [0.4, 0.5) is 0 Å². The fourth-order valence-electron chi connectivity index (χ4n) is 1.84. The van der Waals surface area contributed by atoms with Crippen molar-refractivity contribution in [3.05, 3.63) is 40.1 Å². The molecule has 0 fully saturated rings. The number of hydrogen-bond acceptors (Lipinski definition) is 5. The molecule has 0 unspecified atom stereocenters. The van der Waals surface area contributed by atoms with E-state index in [2.05, 4.69) is 21.2 Å². The molecule has 104 valence electrons. The Morgan fingerprint density at radius 3 is 2.81 bits per heavy atom. The Kier molecular flexibility index (Phi) is 3.37. The lowest BCUT2D eigenvalue weighted by Crippen LogP contribution is -1.90. The van der Waals surface area contributed by atoms with Gasteiger partial charge in [0.15, 0.2) is 0 Å². The largest absolute Gasteiger partial charge is 0.345 e. The molecule has 0 amide bonds. The minimum Gasteiger partial charge on any atom is -0.345 e. The molecule has 0 aliphatic heterocycles. The van der Waals surface area contributed by atoms with E-state index in [0.29, 0.717) is 27.0 Å². The van der Waals surface area contributed by atoms with Crippen molar-refractivity contribution in [1.29, 1.82) is 5.26 Å². The fourth-order valence-corrected chi connectivity index (χ4v) is 2.31. The van der Waals surface area contributed by atoms with Crippen LogP contribution in [0.5, 0.6) is 0 Å². The van der Waals surface area contributed by atoms with Crippen molar-refractivity contribution in [2.24, 2.45) is 7.05 Å². The maximum Gasteiger partial charge on any atom is 0.274 e. The van der Waals surface area contributed by atoms with Crippen LogP contribution in [0.25, 0.3) is 23.1 Å². The molecular weight excluding hydrogens is 313 g/mol. The predicted octanol–water partition coefficient (Wildman–Crippen LogP) is 3.32. The molecule has 0 radical (unpaired) electrons. The molecular formula is C13H7Cl2N5O. The van der Waals surface area contributed by atoms with E-state index in [1.54, 1.807) is 29.9 Å². The Labute approximate surface area is 129 Å². The smallest absolute Gasteiger partial charge is 0.274 e. The molecule has 21 heavy (non-hydrogen) atoms. The second-order valence-electron chi connectivity index (χ2n) is 4.24. The molecule has 3 aromatic heterocycles. The zero-order valence-corrected chi connectivity index (χ0v) is 12.2. The van der Waals surface area contributed by atoms with Gasteiger partial charge in [-0.15, -0.1) is 0 Å². The number of aromatic nitrogens is 4. The Bertz CT molecular complexity index is 862. The van der Waals surface area contributed by atoms with Crippen LogP contribution in [0.2, 0.25) is 10.0 Å². The van der Waals surface area contributed by atoms with E-state index in [1.807, 2.05) is 0 Å². The van der Waals surface area contributed by atoms with Crippen LogP contribution in [-0.4, -0.2) is 19.7 Å². The van der Waals surface area contributed by atoms with Gasteiger partial charge in [0.25, 0.3) is 5.89 Å². The number of hydrogen-bond donors (Lipinski definition) is 0. The molecule has 8 heteroatoms. The van der Waals surface area contributed by atoms with Crippen LogP contribution in [0, 0.1) is 11.3 Å². The van der Waals surface area contributed by atoms with Crippen molar-refractivity contribution >= 4 is 23.2 Å². The molecule has 6 nitrogen and oxygen atoms in total. The molecule has 0 saturated heterocycles. The van der Waals surface area contributed by atoms with Gasteiger partial charge in [-0.2, -0.15) is 10.2 Å². The molecule has 3 rings (SSSR count). The first-order chi connectivity index (χ1) is 10.1. The van der Waals surface area contributed by atoms with Gasteiger partial charge in [0.05, 0.1) is 15.6 Å².